The van der Waals surface area contributed by atoms with Gasteiger partial charge >= 0.3 is 0 Å². The second kappa shape index (κ2) is 6.68. The van der Waals surface area contributed by atoms with Crippen molar-refractivity contribution < 1.29 is 9.53 Å². The normalized spacial score (nSPS) is 17.9. The van der Waals surface area contributed by atoms with Crippen LogP contribution in [0.4, 0.5) is 0 Å². The maximum atomic E-state index is 12.2. The number of hydrogen-bond acceptors (Lipinski definition) is 3. The Morgan fingerprint density at radius 3 is 3.16 bits per heavy atom. The van der Waals surface area contributed by atoms with Crippen molar-refractivity contribution in [2.24, 2.45) is 0 Å². The average molecular weight is 262 g/mol. The number of aryl methyl sites for hydroxylation is 1. The molecule has 2 N–H and O–H groups in total. The Balaban J connectivity index is 2.02. The van der Waals surface area contributed by atoms with E-state index in [1.807, 2.05) is 6.07 Å². The molecule has 1 amide bonds. The van der Waals surface area contributed by atoms with E-state index in [0.29, 0.717) is 19.7 Å². The van der Waals surface area contributed by atoms with Gasteiger partial charge in [-0.15, -0.1) is 0 Å². The maximum absolute atomic E-state index is 12.2. The van der Waals surface area contributed by atoms with Crippen LogP contribution < -0.4 is 10.6 Å². The van der Waals surface area contributed by atoms with Gasteiger partial charge in [-0.3, -0.25) is 4.79 Å². The van der Waals surface area contributed by atoms with Gasteiger partial charge in [-0.1, -0.05) is 18.2 Å². The summed E-state index contributed by atoms with van der Waals surface area (Å²) in [6, 6.07) is 6.20. The predicted molar refractivity (Wildman–Crippen MR) is 75.1 cm³/mol. The molecule has 1 aliphatic rings. The summed E-state index contributed by atoms with van der Waals surface area (Å²) in [6.45, 7) is 5.02. The molecule has 0 bridgehead atoms. The van der Waals surface area contributed by atoms with Crippen LogP contribution in [0.3, 0.4) is 0 Å². The Morgan fingerprint density at radius 1 is 1.53 bits per heavy atom. The monoisotopic (exact) mass is 262 g/mol. The van der Waals surface area contributed by atoms with E-state index in [1.165, 1.54) is 16.7 Å². The second-order valence-corrected chi connectivity index (χ2v) is 4.96. The molecule has 1 aromatic rings. The van der Waals surface area contributed by atoms with E-state index < -0.39 is 0 Å². The minimum absolute atomic E-state index is 0.0776. The Hall–Kier alpha value is -1.39. The van der Waals surface area contributed by atoms with Crippen molar-refractivity contribution in [3.8, 4) is 0 Å². The summed E-state index contributed by atoms with van der Waals surface area (Å²) in [4.78, 5) is 12.2. The SMILES string of the molecule is COCCCNC(=O)C1CNCc2c(C)cccc21. The quantitative estimate of drug-likeness (QED) is 0.787. The van der Waals surface area contributed by atoms with E-state index >= 15 is 0 Å². The van der Waals surface area contributed by atoms with E-state index in [0.717, 1.165) is 13.0 Å². The third kappa shape index (κ3) is 3.33. The molecule has 1 aromatic carbocycles. The number of amides is 1. The summed E-state index contributed by atoms with van der Waals surface area (Å²) in [7, 11) is 1.67. The van der Waals surface area contributed by atoms with Crippen molar-refractivity contribution in [3.63, 3.8) is 0 Å². The molecule has 0 radical (unpaired) electrons. The number of carbonyl (C=O) groups is 1. The van der Waals surface area contributed by atoms with Crippen LogP contribution >= 0.6 is 0 Å². The van der Waals surface area contributed by atoms with Crippen molar-refractivity contribution in [2.75, 3.05) is 26.8 Å². The van der Waals surface area contributed by atoms with Gasteiger partial charge in [0, 0.05) is 33.4 Å². The zero-order valence-electron chi connectivity index (χ0n) is 11.7. The third-order valence-corrected chi connectivity index (χ3v) is 3.61. The number of carbonyl (C=O) groups excluding carboxylic acids is 1. The van der Waals surface area contributed by atoms with E-state index in [-0.39, 0.29) is 11.8 Å². The van der Waals surface area contributed by atoms with Gasteiger partial charge in [0.05, 0.1) is 5.92 Å². The summed E-state index contributed by atoms with van der Waals surface area (Å²) >= 11 is 0. The van der Waals surface area contributed by atoms with Crippen LogP contribution in [-0.4, -0.2) is 32.7 Å². The number of fused-ring (bicyclic) bond motifs is 1. The topological polar surface area (TPSA) is 50.4 Å². The summed E-state index contributed by atoms with van der Waals surface area (Å²) in [5, 5.41) is 6.32. The summed E-state index contributed by atoms with van der Waals surface area (Å²) < 4.78 is 4.98. The van der Waals surface area contributed by atoms with Gasteiger partial charge in [-0.25, -0.2) is 0 Å². The van der Waals surface area contributed by atoms with E-state index in [1.54, 1.807) is 7.11 Å². The van der Waals surface area contributed by atoms with Crippen molar-refractivity contribution in [1.82, 2.24) is 10.6 Å². The first-order valence-corrected chi connectivity index (χ1v) is 6.79. The van der Waals surface area contributed by atoms with Crippen LogP contribution in [0.15, 0.2) is 18.2 Å². The summed E-state index contributed by atoms with van der Waals surface area (Å²) in [5.74, 6) is 0.0290. The molecule has 0 aromatic heterocycles. The Kier molecular flexibility index (Phi) is 4.93. The zero-order chi connectivity index (χ0) is 13.7. The number of hydrogen-bond donors (Lipinski definition) is 2. The fourth-order valence-electron chi connectivity index (χ4n) is 2.53. The largest absolute Gasteiger partial charge is 0.385 e. The number of methoxy groups -OCH3 is 1. The smallest absolute Gasteiger partial charge is 0.228 e. The van der Waals surface area contributed by atoms with Gasteiger partial charge in [0.15, 0.2) is 0 Å². The molecule has 0 spiro atoms. The first-order chi connectivity index (χ1) is 9.24. The molecule has 1 aliphatic heterocycles. The lowest BCUT2D eigenvalue weighted by Gasteiger charge is -2.27. The summed E-state index contributed by atoms with van der Waals surface area (Å²) in [6.07, 6.45) is 0.850. The second-order valence-electron chi connectivity index (χ2n) is 4.96. The molecule has 0 saturated carbocycles. The summed E-state index contributed by atoms with van der Waals surface area (Å²) in [5.41, 5.74) is 3.69. The fraction of sp³-hybridized carbons (Fsp3) is 0.533. The number of rotatable bonds is 5. The molecule has 0 aliphatic carbocycles. The molecule has 0 fully saturated rings. The number of ether oxygens (including phenoxy) is 1. The minimum atomic E-state index is -0.0776. The standard InChI is InChI=1S/C15H22N2O2/c1-11-5-3-6-12-13(11)9-16-10-14(12)15(18)17-7-4-8-19-2/h3,5-6,14,16H,4,7-10H2,1-2H3,(H,17,18). The highest BCUT2D eigenvalue weighted by Crippen LogP contribution is 2.26. The Bertz CT molecular complexity index is 446. The molecule has 1 unspecified atom stereocenters. The van der Waals surface area contributed by atoms with Crippen LogP contribution in [0.5, 0.6) is 0 Å². The Morgan fingerprint density at radius 2 is 2.37 bits per heavy atom. The van der Waals surface area contributed by atoms with Crippen LogP contribution in [0.1, 0.15) is 29.0 Å². The predicted octanol–water partition coefficient (Wildman–Crippen LogP) is 1.33. The highest BCUT2D eigenvalue weighted by atomic mass is 16.5. The van der Waals surface area contributed by atoms with Crippen molar-refractivity contribution in [1.29, 1.82) is 0 Å². The lowest BCUT2D eigenvalue weighted by Crippen LogP contribution is -2.39. The minimum Gasteiger partial charge on any atom is -0.385 e. The molecular formula is C15H22N2O2. The average Bonchev–Trinajstić information content (AvgIpc) is 2.43. The zero-order valence-corrected chi connectivity index (χ0v) is 11.7. The molecule has 1 atom stereocenters. The molecule has 1 heterocycles. The van der Waals surface area contributed by atoms with E-state index in [9.17, 15) is 4.79 Å². The van der Waals surface area contributed by atoms with Crippen LogP contribution in [0.2, 0.25) is 0 Å². The molecule has 2 rings (SSSR count). The van der Waals surface area contributed by atoms with Crippen molar-refractivity contribution in [3.05, 3.63) is 34.9 Å². The number of benzene rings is 1. The third-order valence-electron chi connectivity index (χ3n) is 3.61. The Labute approximate surface area is 114 Å². The first kappa shape index (κ1) is 14.0. The van der Waals surface area contributed by atoms with Crippen molar-refractivity contribution >= 4 is 5.91 Å². The van der Waals surface area contributed by atoms with Gasteiger partial charge in [0.25, 0.3) is 0 Å². The molecule has 19 heavy (non-hydrogen) atoms. The van der Waals surface area contributed by atoms with Crippen LogP contribution in [0, 0.1) is 6.92 Å². The number of nitrogens with one attached hydrogen (secondary N) is 2. The lowest BCUT2D eigenvalue weighted by molar-refractivity contribution is -0.122. The van der Waals surface area contributed by atoms with Gasteiger partial charge in [0.2, 0.25) is 5.91 Å². The lowest BCUT2D eigenvalue weighted by atomic mass is 9.88. The molecular weight excluding hydrogens is 240 g/mol. The first-order valence-electron chi connectivity index (χ1n) is 6.79. The van der Waals surface area contributed by atoms with E-state index in [2.05, 4.69) is 29.7 Å². The highest BCUT2D eigenvalue weighted by Gasteiger charge is 2.26. The molecule has 4 nitrogen and oxygen atoms in total. The van der Waals surface area contributed by atoms with Crippen molar-refractivity contribution in [2.45, 2.75) is 25.8 Å². The van der Waals surface area contributed by atoms with Crippen LogP contribution in [-0.2, 0) is 16.1 Å². The van der Waals surface area contributed by atoms with Gasteiger partial charge in [-0.05, 0) is 30.0 Å². The highest BCUT2D eigenvalue weighted by molar-refractivity contribution is 5.84. The molecule has 4 heteroatoms. The van der Waals surface area contributed by atoms with Gasteiger partial charge < -0.3 is 15.4 Å². The van der Waals surface area contributed by atoms with Gasteiger partial charge in [-0.2, -0.15) is 0 Å². The molecule has 0 saturated heterocycles. The fourth-order valence-corrected chi connectivity index (χ4v) is 2.53. The molecule has 104 valence electrons. The van der Waals surface area contributed by atoms with Gasteiger partial charge in [0.1, 0.15) is 0 Å². The van der Waals surface area contributed by atoms with E-state index in [4.69, 9.17) is 4.74 Å². The van der Waals surface area contributed by atoms with Crippen LogP contribution in [0.25, 0.3) is 0 Å². The maximum Gasteiger partial charge on any atom is 0.228 e.